The van der Waals surface area contributed by atoms with Crippen molar-refractivity contribution < 1.29 is 0 Å². The van der Waals surface area contributed by atoms with E-state index in [2.05, 4.69) is 31.2 Å². The van der Waals surface area contributed by atoms with Gasteiger partial charge in [0.15, 0.2) is 0 Å². The van der Waals surface area contributed by atoms with Crippen LogP contribution >= 0.6 is 11.6 Å². The molecule has 1 unspecified atom stereocenters. The molecule has 3 nitrogen and oxygen atoms in total. The Labute approximate surface area is 119 Å². The fourth-order valence-corrected chi connectivity index (χ4v) is 2.05. The third-order valence-corrected chi connectivity index (χ3v) is 3.62. The average molecular weight is 278 g/mol. The van der Waals surface area contributed by atoms with E-state index in [1.807, 2.05) is 35.1 Å². The van der Waals surface area contributed by atoms with Crippen LogP contribution in [-0.4, -0.2) is 9.78 Å². The van der Waals surface area contributed by atoms with Crippen molar-refractivity contribution in [3.8, 4) is 0 Å². The number of aromatic nitrogens is 2. The van der Waals surface area contributed by atoms with Crippen molar-refractivity contribution >= 4 is 17.3 Å². The van der Waals surface area contributed by atoms with E-state index in [1.165, 1.54) is 5.56 Å². The molecule has 19 heavy (non-hydrogen) atoms. The first kappa shape index (κ1) is 13.9. The largest absolute Gasteiger partial charge is 0.378 e. The minimum atomic E-state index is 0.441. The lowest BCUT2D eigenvalue weighted by molar-refractivity contribution is 0.474. The predicted molar refractivity (Wildman–Crippen MR) is 80.7 cm³/mol. The lowest BCUT2D eigenvalue weighted by atomic mass is 10.2. The Balaban J connectivity index is 2.02. The van der Waals surface area contributed by atoms with Crippen LogP contribution in [0.1, 0.15) is 37.6 Å². The summed E-state index contributed by atoms with van der Waals surface area (Å²) < 4.78 is 2.01. The highest BCUT2D eigenvalue weighted by Crippen LogP contribution is 2.23. The Hall–Kier alpha value is -1.48. The van der Waals surface area contributed by atoms with E-state index in [0.29, 0.717) is 12.6 Å². The molecule has 1 N–H and O–H groups in total. The second-order valence-electron chi connectivity index (χ2n) is 4.88. The molecular weight excluding hydrogens is 258 g/mol. The highest BCUT2D eigenvalue weighted by Gasteiger charge is 2.05. The topological polar surface area (TPSA) is 29.9 Å². The van der Waals surface area contributed by atoms with Gasteiger partial charge in [-0.15, -0.1) is 0 Å². The molecule has 0 saturated heterocycles. The third-order valence-electron chi connectivity index (χ3n) is 3.29. The van der Waals surface area contributed by atoms with Gasteiger partial charge in [0.25, 0.3) is 0 Å². The van der Waals surface area contributed by atoms with Gasteiger partial charge in [-0.3, -0.25) is 4.68 Å². The van der Waals surface area contributed by atoms with Crippen molar-refractivity contribution in [2.24, 2.45) is 0 Å². The van der Waals surface area contributed by atoms with Crippen LogP contribution in [0.2, 0.25) is 5.02 Å². The van der Waals surface area contributed by atoms with Crippen molar-refractivity contribution in [1.29, 1.82) is 0 Å². The standard InChI is InChI=1S/C15H20ClN3/c1-4-12(3)19-8-7-13(18-19)10-17-15-9-11(2)5-6-14(15)16/h5-9,12,17H,4,10H2,1-3H3. The van der Waals surface area contributed by atoms with Gasteiger partial charge in [0, 0.05) is 12.2 Å². The summed E-state index contributed by atoms with van der Waals surface area (Å²) in [5, 5.41) is 8.63. The van der Waals surface area contributed by atoms with E-state index in [1.54, 1.807) is 0 Å². The number of aryl methyl sites for hydroxylation is 1. The monoisotopic (exact) mass is 277 g/mol. The Morgan fingerprint density at radius 3 is 2.89 bits per heavy atom. The maximum atomic E-state index is 6.15. The van der Waals surface area contributed by atoms with E-state index in [4.69, 9.17) is 11.6 Å². The molecular formula is C15H20ClN3. The molecule has 0 fully saturated rings. The second kappa shape index (κ2) is 6.11. The van der Waals surface area contributed by atoms with E-state index in [0.717, 1.165) is 22.8 Å². The molecule has 2 aromatic rings. The molecule has 1 atom stereocenters. The van der Waals surface area contributed by atoms with Gasteiger partial charge in [-0.25, -0.2) is 0 Å². The first-order valence-corrected chi connectivity index (χ1v) is 7.02. The first-order chi connectivity index (χ1) is 9.10. The van der Waals surface area contributed by atoms with Crippen molar-refractivity contribution in [3.63, 3.8) is 0 Å². The number of hydrogen-bond donors (Lipinski definition) is 1. The molecule has 0 aliphatic heterocycles. The number of anilines is 1. The van der Waals surface area contributed by atoms with E-state index >= 15 is 0 Å². The molecule has 1 aromatic carbocycles. The van der Waals surface area contributed by atoms with Crippen molar-refractivity contribution in [2.75, 3.05) is 5.32 Å². The van der Waals surface area contributed by atoms with E-state index in [9.17, 15) is 0 Å². The van der Waals surface area contributed by atoms with Crippen molar-refractivity contribution in [2.45, 2.75) is 39.8 Å². The number of nitrogens with one attached hydrogen (secondary N) is 1. The number of hydrogen-bond acceptors (Lipinski definition) is 2. The minimum absolute atomic E-state index is 0.441. The molecule has 0 bridgehead atoms. The van der Waals surface area contributed by atoms with Gasteiger partial charge >= 0.3 is 0 Å². The number of halogens is 1. The van der Waals surface area contributed by atoms with Crippen molar-refractivity contribution in [3.05, 3.63) is 46.7 Å². The van der Waals surface area contributed by atoms with Crippen LogP contribution in [0.5, 0.6) is 0 Å². The molecule has 0 radical (unpaired) electrons. The molecule has 1 aromatic heterocycles. The van der Waals surface area contributed by atoms with Crippen LogP contribution in [0.4, 0.5) is 5.69 Å². The lowest BCUT2D eigenvalue weighted by Gasteiger charge is -2.09. The van der Waals surface area contributed by atoms with E-state index < -0.39 is 0 Å². The molecule has 0 aliphatic carbocycles. The SMILES string of the molecule is CCC(C)n1ccc(CNc2cc(C)ccc2Cl)n1. The molecule has 2 rings (SSSR count). The zero-order chi connectivity index (χ0) is 13.8. The second-order valence-corrected chi connectivity index (χ2v) is 5.29. The van der Waals surface area contributed by atoms with Crippen LogP contribution in [0.25, 0.3) is 0 Å². The third kappa shape index (κ3) is 3.51. The number of benzene rings is 1. The summed E-state index contributed by atoms with van der Waals surface area (Å²) in [7, 11) is 0. The van der Waals surface area contributed by atoms with Gasteiger partial charge in [0.05, 0.1) is 22.9 Å². The molecule has 1 heterocycles. The zero-order valence-electron chi connectivity index (χ0n) is 11.7. The number of nitrogens with zero attached hydrogens (tertiary/aromatic N) is 2. The van der Waals surface area contributed by atoms with Crippen molar-refractivity contribution in [1.82, 2.24) is 9.78 Å². The van der Waals surface area contributed by atoms with Crippen LogP contribution in [0, 0.1) is 6.92 Å². The fourth-order valence-electron chi connectivity index (χ4n) is 1.86. The van der Waals surface area contributed by atoms with Gasteiger partial charge in [0.1, 0.15) is 0 Å². The molecule has 0 saturated carbocycles. The van der Waals surface area contributed by atoms with Gasteiger partial charge < -0.3 is 5.32 Å². The predicted octanol–water partition coefficient (Wildman–Crippen LogP) is 4.43. The molecule has 4 heteroatoms. The summed E-state index contributed by atoms with van der Waals surface area (Å²) in [6, 6.07) is 8.45. The molecule has 0 aliphatic rings. The van der Waals surface area contributed by atoms with Crippen LogP contribution < -0.4 is 5.32 Å². The van der Waals surface area contributed by atoms with Crippen LogP contribution in [0.15, 0.2) is 30.5 Å². The zero-order valence-corrected chi connectivity index (χ0v) is 12.4. The maximum absolute atomic E-state index is 6.15. The van der Waals surface area contributed by atoms with Gasteiger partial charge in [-0.05, 0) is 44.0 Å². The average Bonchev–Trinajstić information content (AvgIpc) is 2.88. The Morgan fingerprint density at radius 1 is 1.37 bits per heavy atom. The maximum Gasteiger partial charge on any atom is 0.0815 e. The van der Waals surface area contributed by atoms with Crippen LogP contribution in [0.3, 0.4) is 0 Å². The smallest absolute Gasteiger partial charge is 0.0815 e. The summed E-state index contributed by atoms with van der Waals surface area (Å²) in [4.78, 5) is 0. The molecule has 102 valence electrons. The normalized spacial score (nSPS) is 12.4. The minimum Gasteiger partial charge on any atom is -0.378 e. The quantitative estimate of drug-likeness (QED) is 0.876. The lowest BCUT2D eigenvalue weighted by Crippen LogP contribution is -2.06. The summed E-state index contributed by atoms with van der Waals surface area (Å²) in [5.74, 6) is 0. The summed E-state index contributed by atoms with van der Waals surface area (Å²) in [6.07, 6.45) is 3.11. The Bertz CT molecular complexity index is 548. The highest BCUT2D eigenvalue weighted by atomic mass is 35.5. The summed E-state index contributed by atoms with van der Waals surface area (Å²) >= 11 is 6.15. The molecule has 0 spiro atoms. The summed E-state index contributed by atoms with van der Waals surface area (Å²) in [5.41, 5.74) is 3.18. The van der Waals surface area contributed by atoms with Gasteiger partial charge in [0.2, 0.25) is 0 Å². The Morgan fingerprint density at radius 2 is 2.16 bits per heavy atom. The Kier molecular flexibility index (Phi) is 4.48. The fraction of sp³-hybridized carbons (Fsp3) is 0.400. The van der Waals surface area contributed by atoms with E-state index in [-0.39, 0.29) is 0 Å². The van der Waals surface area contributed by atoms with Gasteiger partial charge in [-0.1, -0.05) is 24.6 Å². The van der Waals surface area contributed by atoms with Gasteiger partial charge in [-0.2, -0.15) is 5.10 Å². The van der Waals surface area contributed by atoms with Crippen LogP contribution in [-0.2, 0) is 6.54 Å². The highest BCUT2D eigenvalue weighted by molar-refractivity contribution is 6.33. The first-order valence-electron chi connectivity index (χ1n) is 6.64. The molecule has 0 amide bonds. The summed E-state index contributed by atoms with van der Waals surface area (Å²) in [6.45, 7) is 7.07. The number of rotatable bonds is 5.